The maximum absolute atomic E-state index is 11.0. The molecule has 0 saturated heterocycles. The number of hydrogen-bond acceptors (Lipinski definition) is 3. The van der Waals surface area contributed by atoms with Crippen LogP contribution in [0.1, 0.15) is 38.5 Å². The number of ether oxygens (including phenoxy) is 1. The van der Waals surface area contributed by atoms with Gasteiger partial charge in [0.25, 0.3) is 0 Å². The third kappa shape index (κ3) is 1.33. The van der Waals surface area contributed by atoms with Crippen LogP contribution < -0.4 is 5.11 Å². The SMILES string of the molecule is COC1(CC(=O)[O-])C2CC3CC(C2)CC1C3. The summed E-state index contributed by atoms with van der Waals surface area (Å²) in [5.41, 5.74) is -0.397. The number of rotatable bonds is 3. The van der Waals surface area contributed by atoms with Gasteiger partial charge in [0, 0.05) is 19.5 Å². The number of methoxy groups -OCH3 is 1. The van der Waals surface area contributed by atoms with Crippen LogP contribution in [0, 0.1) is 23.7 Å². The first kappa shape index (κ1) is 10.6. The normalized spacial score (nSPS) is 49.6. The van der Waals surface area contributed by atoms with Crippen molar-refractivity contribution in [2.24, 2.45) is 23.7 Å². The van der Waals surface area contributed by atoms with E-state index in [9.17, 15) is 9.90 Å². The molecule has 0 heterocycles. The van der Waals surface area contributed by atoms with Crippen molar-refractivity contribution in [1.29, 1.82) is 0 Å². The minimum Gasteiger partial charge on any atom is -0.550 e. The Morgan fingerprint density at radius 2 is 1.69 bits per heavy atom. The predicted octanol–water partition coefficient (Wildman–Crippen LogP) is 0.968. The summed E-state index contributed by atoms with van der Waals surface area (Å²) >= 11 is 0. The molecule has 0 aromatic rings. The maximum atomic E-state index is 11.0. The molecule has 4 aliphatic carbocycles. The lowest BCUT2D eigenvalue weighted by Gasteiger charge is -2.60. The van der Waals surface area contributed by atoms with Crippen molar-refractivity contribution in [3.63, 3.8) is 0 Å². The van der Waals surface area contributed by atoms with Gasteiger partial charge in [-0.1, -0.05) is 0 Å². The molecule has 0 spiro atoms. The van der Waals surface area contributed by atoms with Crippen molar-refractivity contribution in [3.8, 4) is 0 Å². The molecular formula is C13H19O3-. The fraction of sp³-hybridized carbons (Fsp3) is 0.923. The Hall–Kier alpha value is -0.570. The van der Waals surface area contributed by atoms with Crippen LogP contribution in [0.5, 0.6) is 0 Å². The van der Waals surface area contributed by atoms with Gasteiger partial charge in [-0.3, -0.25) is 0 Å². The first-order valence-electron chi connectivity index (χ1n) is 6.39. The Morgan fingerprint density at radius 3 is 2.06 bits per heavy atom. The first-order valence-corrected chi connectivity index (χ1v) is 6.39. The molecule has 16 heavy (non-hydrogen) atoms. The Bertz CT molecular complexity index is 282. The third-order valence-electron chi connectivity index (χ3n) is 5.32. The molecule has 4 bridgehead atoms. The minimum absolute atomic E-state index is 0.0955. The van der Waals surface area contributed by atoms with Crippen molar-refractivity contribution in [2.75, 3.05) is 7.11 Å². The van der Waals surface area contributed by atoms with Crippen LogP contribution in [-0.2, 0) is 9.53 Å². The Kier molecular flexibility index (Phi) is 2.29. The summed E-state index contributed by atoms with van der Waals surface area (Å²) in [5.74, 6) is 1.66. The van der Waals surface area contributed by atoms with Gasteiger partial charge in [0.1, 0.15) is 0 Å². The van der Waals surface area contributed by atoms with Crippen LogP contribution >= 0.6 is 0 Å². The van der Waals surface area contributed by atoms with E-state index < -0.39 is 11.6 Å². The number of carbonyl (C=O) groups excluding carboxylic acids is 1. The summed E-state index contributed by atoms with van der Waals surface area (Å²) in [4.78, 5) is 11.0. The third-order valence-corrected chi connectivity index (χ3v) is 5.32. The second-order valence-corrected chi connectivity index (χ2v) is 6.01. The summed E-state index contributed by atoms with van der Waals surface area (Å²) in [7, 11) is 1.69. The smallest absolute Gasteiger partial charge is 0.0787 e. The number of aliphatic carboxylic acids is 1. The number of carbonyl (C=O) groups is 1. The molecule has 4 rings (SSSR count). The summed E-state index contributed by atoms with van der Waals surface area (Å²) in [6, 6.07) is 0. The number of carboxylic acid groups (broad SMARTS) is 1. The van der Waals surface area contributed by atoms with Crippen LogP contribution in [-0.4, -0.2) is 18.7 Å². The van der Waals surface area contributed by atoms with Gasteiger partial charge in [0.05, 0.1) is 5.60 Å². The molecule has 0 aromatic heterocycles. The van der Waals surface area contributed by atoms with E-state index in [0.717, 1.165) is 11.8 Å². The molecule has 0 radical (unpaired) electrons. The summed E-state index contributed by atoms with van der Waals surface area (Å²) < 4.78 is 5.70. The summed E-state index contributed by atoms with van der Waals surface area (Å²) in [5, 5.41) is 11.0. The van der Waals surface area contributed by atoms with Gasteiger partial charge in [0.15, 0.2) is 0 Å². The highest BCUT2D eigenvalue weighted by Gasteiger charge is 2.57. The molecule has 3 nitrogen and oxygen atoms in total. The predicted molar refractivity (Wildman–Crippen MR) is 56.4 cm³/mol. The molecule has 0 amide bonds. The van der Waals surface area contributed by atoms with E-state index in [2.05, 4.69) is 0 Å². The van der Waals surface area contributed by atoms with E-state index in [-0.39, 0.29) is 6.42 Å². The molecule has 0 unspecified atom stereocenters. The summed E-state index contributed by atoms with van der Waals surface area (Å²) in [6.07, 6.45) is 6.17. The van der Waals surface area contributed by atoms with E-state index in [0.29, 0.717) is 11.8 Å². The largest absolute Gasteiger partial charge is 0.550 e. The van der Waals surface area contributed by atoms with Gasteiger partial charge < -0.3 is 14.6 Å². The van der Waals surface area contributed by atoms with Crippen molar-refractivity contribution >= 4 is 5.97 Å². The van der Waals surface area contributed by atoms with Crippen molar-refractivity contribution < 1.29 is 14.6 Å². The Morgan fingerprint density at radius 1 is 1.19 bits per heavy atom. The second kappa shape index (κ2) is 3.46. The highest BCUT2D eigenvalue weighted by atomic mass is 16.5. The maximum Gasteiger partial charge on any atom is 0.0787 e. The van der Waals surface area contributed by atoms with Gasteiger partial charge in [-0.05, 0) is 55.8 Å². The molecule has 0 aromatic carbocycles. The molecular weight excluding hydrogens is 204 g/mol. The first-order chi connectivity index (χ1) is 7.64. The van der Waals surface area contributed by atoms with Crippen molar-refractivity contribution in [2.45, 2.75) is 44.1 Å². The van der Waals surface area contributed by atoms with Crippen LogP contribution in [0.4, 0.5) is 0 Å². The average Bonchev–Trinajstić information content (AvgIpc) is 2.22. The monoisotopic (exact) mass is 223 g/mol. The van der Waals surface area contributed by atoms with Crippen LogP contribution in [0.2, 0.25) is 0 Å². The van der Waals surface area contributed by atoms with Crippen LogP contribution in [0.25, 0.3) is 0 Å². The lowest BCUT2D eigenvalue weighted by Crippen LogP contribution is -2.60. The molecule has 3 heteroatoms. The molecule has 0 atom stereocenters. The zero-order valence-electron chi connectivity index (χ0n) is 9.78. The fourth-order valence-electron chi connectivity index (χ4n) is 4.90. The number of carboxylic acids is 1. The Labute approximate surface area is 96.2 Å². The van der Waals surface area contributed by atoms with E-state index in [1.165, 1.54) is 32.1 Å². The molecule has 0 aliphatic heterocycles. The lowest BCUT2D eigenvalue weighted by atomic mass is 9.49. The second-order valence-electron chi connectivity index (χ2n) is 6.01. The highest BCUT2D eigenvalue weighted by Crippen LogP contribution is 2.60. The van der Waals surface area contributed by atoms with Gasteiger partial charge in [-0.25, -0.2) is 0 Å². The van der Waals surface area contributed by atoms with Crippen molar-refractivity contribution in [3.05, 3.63) is 0 Å². The topological polar surface area (TPSA) is 49.4 Å². The van der Waals surface area contributed by atoms with Crippen molar-refractivity contribution in [1.82, 2.24) is 0 Å². The molecule has 4 fully saturated rings. The van der Waals surface area contributed by atoms with Gasteiger partial charge in [0.2, 0.25) is 0 Å². The minimum atomic E-state index is -0.950. The lowest BCUT2D eigenvalue weighted by molar-refractivity contribution is -0.315. The van der Waals surface area contributed by atoms with E-state index in [1.54, 1.807) is 7.11 Å². The van der Waals surface area contributed by atoms with Crippen LogP contribution in [0.15, 0.2) is 0 Å². The molecule has 90 valence electrons. The van der Waals surface area contributed by atoms with E-state index in [4.69, 9.17) is 4.74 Å². The van der Waals surface area contributed by atoms with E-state index in [1.807, 2.05) is 0 Å². The average molecular weight is 223 g/mol. The quantitative estimate of drug-likeness (QED) is 0.716. The number of hydrogen-bond donors (Lipinski definition) is 0. The zero-order chi connectivity index (χ0) is 11.3. The Balaban J connectivity index is 1.90. The van der Waals surface area contributed by atoms with Gasteiger partial charge in [-0.15, -0.1) is 0 Å². The van der Waals surface area contributed by atoms with E-state index >= 15 is 0 Å². The molecule has 4 aliphatic rings. The fourth-order valence-corrected chi connectivity index (χ4v) is 4.90. The van der Waals surface area contributed by atoms with Crippen LogP contribution in [0.3, 0.4) is 0 Å². The van der Waals surface area contributed by atoms with Gasteiger partial charge >= 0.3 is 0 Å². The standard InChI is InChI=1S/C13H20O3/c1-16-13(7-12(14)15)10-3-8-2-9(5-10)6-11(13)4-8/h8-11H,2-7H2,1H3,(H,14,15)/p-1. The molecule has 4 saturated carbocycles. The summed E-state index contributed by atoms with van der Waals surface area (Å²) in [6.45, 7) is 0. The molecule has 0 N–H and O–H groups in total. The zero-order valence-corrected chi connectivity index (χ0v) is 9.78. The highest BCUT2D eigenvalue weighted by molar-refractivity contribution is 5.66. The van der Waals surface area contributed by atoms with Gasteiger partial charge in [-0.2, -0.15) is 0 Å².